The van der Waals surface area contributed by atoms with Gasteiger partial charge in [-0.25, -0.2) is 19.4 Å². The van der Waals surface area contributed by atoms with Crippen LogP contribution < -0.4 is 4.90 Å². The Balaban J connectivity index is 1.40. The lowest BCUT2D eigenvalue weighted by Gasteiger charge is -2.34. The molecule has 2 aromatic heterocycles. The quantitative estimate of drug-likeness (QED) is 0.825. The number of hydroxylamine groups is 2. The van der Waals surface area contributed by atoms with Gasteiger partial charge in [0.1, 0.15) is 5.82 Å². The van der Waals surface area contributed by atoms with Gasteiger partial charge in [-0.05, 0) is 37.0 Å². The van der Waals surface area contributed by atoms with E-state index < -0.39 is 5.82 Å². The molecule has 4 heterocycles. The molecule has 0 aliphatic carbocycles. The van der Waals surface area contributed by atoms with Crippen LogP contribution in [0.2, 0.25) is 0 Å². The first-order valence-corrected chi connectivity index (χ1v) is 9.22. The van der Waals surface area contributed by atoms with Gasteiger partial charge in [-0.3, -0.25) is 14.6 Å². The highest BCUT2D eigenvalue weighted by atomic mass is 19.1. The average molecular weight is 371 g/mol. The molecular formula is C19H22FN5O2. The normalized spacial score (nSPS) is 20.9. The lowest BCUT2D eigenvalue weighted by Crippen LogP contribution is -2.42. The van der Waals surface area contributed by atoms with E-state index in [1.165, 1.54) is 11.1 Å². The maximum Gasteiger partial charge on any atom is 0.249 e. The maximum atomic E-state index is 13.5. The fraction of sp³-hybridized carbons (Fsp3) is 0.474. The molecule has 0 saturated carbocycles. The van der Waals surface area contributed by atoms with E-state index in [4.69, 9.17) is 4.84 Å². The highest BCUT2D eigenvalue weighted by Gasteiger charge is 2.37. The van der Waals surface area contributed by atoms with Crippen molar-refractivity contribution in [3.63, 3.8) is 0 Å². The van der Waals surface area contributed by atoms with E-state index in [2.05, 4.69) is 19.9 Å². The topological polar surface area (TPSA) is 71.5 Å². The van der Waals surface area contributed by atoms with Crippen molar-refractivity contribution in [2.24, 2.45) is 5.92 Å². The minimum absolute atomic E-state index is 0.0359. The highest BCUT2D eigenvalue weighted by molar-refractivity contribution is 5.78. The van der Waals surface area contributed by atoms with Crippen molar-refractivity contribution in [3.05, 3.63) is 47.8 Å². The predicted octanol–water partition coefficient (Wildman–Crippen LogP) is 2.44. The van der Waals surface area contributed by atoms with Crippen LogP contribution in [0.15, 0.2) is 30.9 Å². The molecule has 1 atom stereocenters. The van der Waals surface area contributed by atoms with Crippen molar-refractivity contribution in [2.75, 3.05) is 24.6 Å². The van der Waals surface area contributed by atoms with Crippen LogP contribution in [0.4, 0.5) is 10.3 Å². The summed E-state index contributed by atoms with van der Waals surface area (Å²) in [5.74, 6) is 0.144. The Kier molecular flexibility index (Phi) is 4.98. The van der Waals surface area contributed by atoms with E-state index in [9.17, 15) is 9.18 Å². The SMILES string of the molecule is Cc1cnc(N2CCC(C(=O)N3OCC[C@H]3c3cncc(F)c3)CC2)nc1. The fourth-order valence-corrected chi connectivity index (χ4v) is 3.66. The van der Waals surface area contributed by atoms with Crippen molar-refractivity contribution in [1.82, 2.24) is 20.0 Å². The smallest absolute Gasteiger partial charge is 0.249 e. The molecule has 2 aliphatic heterocycles. The number of rotatable bonds is 3. The van der Waals surface area contributed by atoms with Crippen LogP contribution in [0.5, 0.6) is 0 Å². The number of aryl methyl sites for hydroxylation is 1. The second kappa shape index (κ2) is 7.56. The first-order valence-electron chi connectivity index (χ1n) is 9.22. The van der Waals surface area contributed by atoms with Crippen LogP contribution in [0, 0.1) is 18.7 Å². The summed E-state index contributed by atoms with van der Waals surface area (Å²) in [6, 6.07) is 1.14. The van der Waals surface area contributed by atoms with Gasteiger partial charge in [0.25, 0.3) is 0 Å². The summed E-state index contributed by atoms with van der Waals surface area (Å²) in [6.45, 7) is 3.84. The zero-order valence-electron chi connectivity index (χ0n) is 15.2. The Labute approximate surface area is 157 Å². The second-order valence-corrected chi connectivity index (χ2v) is 7.06. The number of anilines is 1. The van der Waals surface area contributed by atoms with Crippen LogP contribution in [-0.4, -0.2) is 45.6 Å². The molecule has 27 heavy (non-hydrogen) atoms. The number of halogens is 1. The summed E-state index contributed by atoms with van der Waals surface area (Å²) in [5.41, 5.74) is 1.69. The monoisotopic (exact) mass is 371 g/mol. The second-order valence-electron chi connectivity index (χ2n) is 7.06. The molecule has 2 aliphatic rings. The van der Waals surface area contributed by atoms with Gasteiger partial charge in [-0.15, -0.1) is 0 Å². The average Bonchev–Trinajstić information content (AvgIpc) is 3.18. The number of hydrogen-bond donors (Lipinski definition) is 0. The fourth-order valence-electron chi connectivity index (χ4n) is 3.66. The van der Waals surface area contributed by atoms with E-state index in [1.54, 1.807) is 18.6 Å². The molecule has 0 aromatic carbocycles. The van der Waals surface area contributed by atoms with Crippen LogP contribution >= 0.6 is 0 Å². The van der Waals surface area contributed by atoms with E-state index >= 15 is 0 Å². The summed E-state index contributed by atoms with van der Waals surface area (Å²) in [5, 5.41) is 1.43. The van der Waals surface area contributed by atoms with E-state index in [-0.39, 0.29) is 17.9 Å². The summed E-state index contributed by atoms with van der Waals surface area (Å²) in [4.78, 5) is 33.3. The lowest BCUT2D eigenvalue weighted by molar-refractivity contribution is -0.182. The third kappa shape index (κ3) is 3.75. The van der Waals surface area contributed by atoms with Gasteiger partial charge in [0.2, 0.25) is 11.9 Å². The Hall–Kier alpha value is -2.61. The molecule has 7 nitrogen and oxygen atoms in total. The van der Waals surface area contributed by atoms with Crippen LogP contribution in [-0.2, 0) is 9.63 Å². The minimum atomic E-state index is -0.404. The van der Waals surface area contributed by atoms with Gasteiger partial charge in [0.05, 0.1) is 18.8 Å². The molecule has 2 fully saturated rings. The van der Waals surface area contributed by atoms with Crippen molar-refractivity contribution >= 4 is 11.9 Å². The first kappa shape index (κ1) is 17.8. The number of pyridine rings is 1. The summed E-state index contributed by atoms with van der Waals surface area (Å²) in [7, 11) is 0. The van der Waals surface area contributed by atoms with E-state index in [1.807, 2.05) is 6.92 Å². The summed E-state index contributed by atoms with van der Waals surface area (Å²) >= 11 is 0. The van der Waals surface area contributed by atoms with Crippen molar-refractivity contribution in [1.29, 1.82) is 0 Å². The number of carbonyl (C=O) groups is 1. The molecule has 142 valence electrons. The van der Waals surface area contributed by atoms with Crippen LogP contribution in [0.1, 0.15) is 36.4 Å². The zero-order valence-corrected chi connectivity index (χ0v) is 15.2. The molecule has 2 aromatic rings. The predicted molar refractivity (Wildman–Crippen MR) is 96.1 cm³/mol. The molecule has 0 N–H and O–H groups in total. The number of piperidine rings is 1. The van der Waals surface area contributed by atoms with Gasteiger partial charge < -0.3 is 4.90 Å². The van der Waals surface area contributed by atoms with Gasteiger partial charge in [-0.2, -0.15) is 0 Å². The lowest BCUT2D eigenvalue weighted by atomic mass is 9.95. The van der Waals surface area contributed by atoms with Crippen LogP contribution in [0.25, 0.3) is 0 Å². The summed E-state index contributed by atoms with van der Waals surface area (Å²) in [6.07, 6.45) is 8.43. The molecule has 8 heteroatoms. The number of aromatic nitrogens is 3. The molecule has 0 bridgehead atoms. The first-order chi connectivity index (χ1) is 13.1. The highest BCUT2D eigenvalue weighted by Crippen LogP contribution is 2.33. The molecular weight excluding hydrogens is 349 g/mol. The van der Waals surface area contributed by atoms with E-state index in [0.717, 1.165) is 24.8 Å². The van der Waals surface area contributed by atoms with Crippen LogP contribution in [0.3, 0.4) is 0 Å². The van der Waals surface area contributed by atoms with Crippen molar-refractivity contribution in [2.45, 2.75) is 32.2 Å². The number of hydrogen-bond acceptors (Lipinski definition) is 6. The molecule has 4 rings (SSSR count). The third-order valence-electron chi connectivity index (χ3n) is 5.13. The Bertz CT molecular complexity index is 808. The molecule has 0 unspecified atom stereocenters. The number of amides is 1. The molecule has 0 spiro atoms. The Morgan fingerprint density at radius 1 is 1.15 bits per heavy atom. The standard InChI is InChI=1S/C19H22FN5O2/c1-13-9-22-19(23-10-13)24-5-2-14(3-6-24)18(26)25-17(4-7-27-25)15-8-16(20)12-21-11-15/h8-12,14,17H,2-7H2,1H3/t17-/m0/s1. The largest absolute Gasteiger partial charge is 0.341 e. The number of nitrogens with zero attached hydrogens (tertiary/aromatic N) is 5. The molecule has 0 radical (unpaired) electrons. The van der Waals surface area contributed by atoms with Crippen molar-refractivity contribution in [3.8, 4) is 0 Å². The third-order valence-corrected chi connectivity index (χ3v) is 5.13. The van der Waals surface area contributed by atoms with Gasteiger partial charge in [-0.1, -0.05) is 0 Å². The Morgan fingerprint density at radius 2 is 1.89 bits per heavy atom. The summed E-state index contributed by atoms with van der Waals surface area (Å²) < 4.78 is 13.5. The number of carbonyl (C=O) groups excluding carboxylic acids is 1. The molecule has 1 amide bonds. The molecule has 2 saturated heterocycles. The maximum absolute atomic E-state index is 13.5. The zero-order chi connectivity index (χ0) is 18.8. The minimum Gasteiger partial charge on any atom is -0.341 e. The van der Waals surface area contributed by atoms with E-state index in [0.29, 0.717) is 37.4 Å². The van der Waals surface area contributed by atoms with Crippen molar-refractivity contribution < 1.29 is 14.0 Å². The van der Waals surface area contributed by atoms with Gasteiger partial charge in [0.15, 0.2) is 0 Å². The van der Waals surface area contributed by atoms with Gasteiger partial charge in [0, 0.05) is 44.0 Å². The Morgan fingerprint density at radius 3 is 2.59 bits per heavy atom. The van der Waals surface area contributed by atoms with Gasteiger partial charge >= 0.3 is 0 Å².